The minimum atomic E-state index is -1.44. The maximum Gasteiger partial charge on any atom is 0.0987 e. The van der Waals surface area contributed by atoms with Crippen LogP contribution in [0.5, 0.6) is 0 Å². The fourth-order valence-corrected chi connectivity index (χ4v) is 5.36. The zero-order chi connectivity index (χ0) is 14.3. The Morgan fingerprint density at radius 2 is 1.44 bits per heavy atom. The van der Waals surface area contributed by atoms with Crippen molar-refractivity contribution in [2.45, 2.75) is 66.5 Å². The lowest BCUT2D eigenvalue weighted by atomic mass is 9.99. The van der Waals surface area contributed by atoms with Gasteiger partial charge in [-0.05, 0) is 41.3 Å². The predicted octanol–water partition coefficient (Wildman–Crippen LogP) is 6.54. The Morgan fingerprint density at radius 1 is 0.944 bits per heavy atom. The van der Waals surface area contributed by atoms with Crippen molar-refractivity contribution in [2.75, 3.05) is 0 Å². The summed E-state index contributed by atoms with van der Waals surface area (Å²) in [5.74, 6) is 0. The average molecular weight is 329 g/mol. The van der Waals surface area contributed by atoms with Crippen molar-refractivity contribution in [1.29, 1.82) is 0 Å². The highest BCUT2D eigenvalue weighted by Crippen LogP contribution is 2.34. The van der Waals surface area contributed by atoms with E-state index in [-0.39, 0.29) is 0 Å². The Bertz CT molecular complexity index is 348. The van der Waals surface area contributed by atoms with Crippen LogP contribution in [0.15, 0.2) is 33.1 Å². The molecule has 0 rings (SSSR count). The predicted molar refractivity (Wildman–Crippen MR) is 91.8 cm³/mol. The van der Waals surface area contributed by atoms with E-state index in [0.717, 1.165) is 25.7 Å². The Labute approximate surface area is 123 Å². The molecule has 0 fully saturated rings. The molecule has 0 spiro atoms. The van der Waals surface area contributed by atoms with Crippen LogP contribution in [0.2, 0.25) is 13.1 Å². The molecule has 0 amide bonds. The summed E-state index contributed by atoms with van der Waals surface area (Å²) in [5, 5.41) is 1.67. The van der Waals surface area contributed by atoms with E-state index < -0.39 is 8.07 Å². The summed E-state index contributed by atoms with van der Waals surface area (Å²) in [5.41, 5.74) is 5.33. The first kappa shape index (κ1) is 17.9. The molecule has 0 bridgehead atoms. The van der Waals surface area contributed by atoms with Gasteiger partial charge in [-0.25, -0.2) is 0 Å². The van der Waals surface area contributed by atoms with Gasteiger partial charge in [-0.1, -0.05) is 67.6 Å². The van der Waals surface area contributed by atoms with Crippen molar-refractivity contribution in [2.24, 2.45) is 0 Å². The van der Waals surface area contributed by atoms with E-state index in [1.807, 2.05) is 0 Å². The molecule has 0 heterocycles. The average Bonchev–Trinajstić information content (AvgIpc) is 2.37. The Morgan fingerprint density at radius 3 is 1.72 bits per heavy atom. The minimum absolute atomic E-state index is 1.08. The fourth-order valence-electron chi connectivity index (χ4n) is 2.57. The van der Waals surface area contributed by atoms with E-state index in [4.69, 9.17) is 0 Å². The number of hydrogen-bond donors (Lipinski definition) is 0. The third-order valence-corrected chi connectivity index (χ3v) is 7.99. The van der Waals surface area contributed by atoms with Crippen LogP contribution in [-0.2, 0) is 0 Å². The van der Waals surface area contributed by atoms with Crippen LogP contribution >= 0.6 is 15.9 Å². The molecule has 0 N–H and O–H groups in total. The maximum absolute atomic E-state index is 4.07. The summed E-state index contributed by atoms with van der Waals surface area (Å²) in [6.45, 7) is 17.9. The van der Waals surface area contributed by atoms with E-state index in [1.54, 1.807) is 10.8 Å². The molecule has 0 aromatic heterocycles. The van der Waals surface area contributed by atoms with E-state index in [9.17, 15) is 0 Å². The highest BCUT2D eigenvalue weighted by molar-refractivity contribution is 9.11. The van der Waals surface area contributed by atoms with Crippen molar-refractivity contribution in [1.82, 2.24) is 0 Å². The van der Waals surface area contributed by atoms with Crippen LogP contribution in [-0.4, -0.2) is 8.07 Å². The lowest BCUT2D eigenvalue weighted by Gasteiger charge is -2.27. The molecular formula is C16H29BrSi. The molecule has 0 aromatic carbocycles. The van der Waals surface area contributed by atoms with Gasteiger partial charge in [0, 0.05) is 0 Å². The molecule has 0 atom stereocenters. The Kier molecular flexibility index (Phi) is 8.12. The van der Waals surface area contributed by atoms with Crippen LogP contribution in [0.3, 0.4) is 0 Å². The molecule has 0 aliphatic rings. The number of rotatable bonds is 7. The van der Waals surface area contributed by atoms with E-state index in [0.29, 0.717) is 0 Å². The Balaban J connectivity index is 5.97. The number of allylic oxidation sites excluding steroid dienone is 4. The van der Waals surface area contributed by atoms with E-state index in [2.05, 4.69) is 69.0 Å². The smallest absolute Gasteiger partial charge is 0.0987 e. The lowest BCUT2D eigenvalue weighted by Crippen LogP contribution is -2.28. The first-order valence-electron chi connectivity index (χ1n) is 7.13. The monoisotopic (exact) mass is 328 g/mol. The highest BCUT2D eigenvalue weighted by Gasteiger charge is 2.24. The first-order valence-corrected chi connectivity index (χ1v) is 11.0. The van der Waals surface area contributed by atoms with Gasteiger partial charge in [0.15, 0.2) is 0 Å². The minimum Gasteiger partial charge on any atom is -0.107 e. The quantitative estimate of drug-likeness (QED) is 0.367. The van der Waals surface area contributed by atoms with Crippen molar-refractivity contribution >= 4 is 24.0 Å². The molecule has 2 heteroatoms. The summed E-state index contributed by atoms with van der Waals surface area (Å²) in [6.07, 6.45) is 4.48. The third kappa shape index (κ3) is 4.24. The van der Waals surface area contributed by atoms with Crippen LogP contribution in [0.1, 0.15) is 53.4 Å². The summed E-state index contributed by atoms with van der Waals surface area (Å²) in [6, 6.07) is 0. The summed E-state index contributed by atoms with van der Waals surface area (Å²) >= 11 is 3.77. The molecule has 0 nitrogen and oxygen atoms in total. The van der Waals surface area contributed by atoms with Gasteiger partial charge < -0.3 is 0 Å². The molecule has 0 radical (unpaired) electrons. The largest absolute Gasteiger partial charge is 0.107 e. The van der Waals surface area contributed by atoms with Gasteiger partial charge in [-0.2, -0.15) is 0 Å². The van der Waals surface area contributed by atoms with E-state index in [1.165, 1.54) is 10.1 Å². The first-order chi connectivity index (χ1) is 8.39. The summed E-state index contributed by atoms with van der Waals surface area (Å²) < 4.78 is 1.38. The molecule has 0 saturated heterocycles. The van der Waals surface area contributed by atoms with E-state index >= 15 is 0 Å². The van der Waals surface area contributed by atoms with Crippen molar-refractivity contribution in [3.63, 3.8) is 0 Å². The van der Waals surface area contributed by atoms with Crippen LogP contribution < -0.4 is 0 Å². The topological polar surface area (TPSA) is 0 Å². The number of halogens is 1. The molecule has 0 saturated carbocycles. The fraction of sp³-hybridized carbons (Fsp3) is 0.625. The molecule has 104 valence electrons. The van der Waals surface area contributed by atoms with Gasteiger partial charge >= 0.3 is 0 Å². The summed E-state index contributed by atoms with van der Waals surface area (Å²) in [7, 11) is -1.44. The second-order valence-corrected chi connectivity index (χ2v) is 10.6. The van der Waals surface area contributed by atoms with Gasteiger partial charge in [-0.15, -0.1) is 6.58 Å². The lowest BCUT2D eigenvalue weighted by molar-refractivity contribution is 0.967. The van der Waals surface area contributed by atoms with Crippen LogP contribution in [0.25, 0.3) is 0 Å². The van der Waals surface area contributed by atoms with Crippen LogP contribution in [0.4, 0.5) is 0 Å². The van der Waals surface area contributed by atoms with Crippen molar-refractivity contribution < 1.29 is 0 Å². The normalized spacial score (nSPS) is 15.1. The van der Waals surface area contributed by atoms with Gasteiger partial charge in [0.05, 0.1) is 8.07 Å². The molecule has 18 heavy (non-hydrogen) atoms. The molecule has 0 aliphatic heterocycles. The Hall–Kier alpha value is -0.0831. The second-order valence-electron chi connectivity index (χ2n) is 5.18. The van der Waals surface area contributed by atoms with Gasteiger partial charge in [0.2, 0.25) is 0 Å². The molecular weight excluding hydrogens is 300 g/mol. The zero-order valence-electron chi connectivity index (χ0n) is 13.0. The second kappa shape index (κ2) is 8.16. The molecule has 0 aromatic rings. The van der Waals surface area contributed by atoms with Gasteiger partial charge in [0.25, 0.3) is 0 Å². The maximum atomic E-state index is 4.07. The van der Waals surface area contributed by atoms with Gasteiger partial charge in [-0.3, -0.25) is 0 Å². The van der Waals surface area contributed by atoms with Crippen molar-refractivity contribution in [3.05, 3.63) is 33.1 Å². The standard InChI is InChI=1S/C16H29BrSi/c1-8-13(15(17)10-3)14(9-2)16(11-4)18(6,7)12-5/h12H,5,8-11H2,1-4,6-7H3/b15-13-,16-14+. The SMILES string of the molecule is C=C[Si](C)(C)/C(CC)=C(CC)/C(CC)=C(\Br)CC. The van der Waals surface area contributed by atoms with Gasteiger partial charge in [0.1, 0.15) is 0 Å². The molecule has 0 aliphatic carbocycles. The van der Waals surface area contributed by atoms with Crippen molar-refractivity contribution in [3.8, 4) is 0 Å². The third-order valence-electron chi connectivity index (χ3n) is 3.72. The zero-order valence-corrected chi connectivity index (χ0v) is 15.6. The summed E-state index contributed by atoms with van der Waals surface area (Å²) in [4.78, 5) is 0. The number of hydrogen-bond acceptors (Lipinski definition) is 0. The molecule has 0 unspecified atom stereocenters. The van der Waals surface area contributed by atoms with Crippen LogP contribution in [0, 0.1) is 0 Å². The highest BCUT2D eigenvalue weighted by atomic mass is 79.9.